The summed E-state index contributed by atoms with van der Waals surface area (Å²) >= 11 is 0. The van der Waals surface area contributed by atoms with Crippen LogP contribution in [0.25, 0.3) is 0 Å². The van der Waals surface area contributed by atoms with Gasteiger partial charge in [0, 0.05) is 24.8 Å². The Balaban J connectivity index is 2.33. The van der Waals surface area contributed by atoms with Gasteiger partial charge in [-0.3, -0.25) is 0 Å². The molecule has 1 saturated heterocycles. The molecule has 0 bridgehead atoms. The van der Waals surface area contributed by atoms with Crippen LogP contribution in [0.4, 0.5) is 10.1 Å². The number of hydrogen-bond donors (Lipinski definition) is 2. The summed E-state index contributed by atoms with van der Waals surface area (Å²) in [5.41, 5.74) is 6.92. The van der Waals surface area contributed by atoms with Gasteiger partial charge in [-0.2, -0.15) is 0 Å². The van der Waals surface area contributed by atoms with E-state index in [4.69, 9.17) is 5.73 Å². The minimum absolute atomic E-state index is 0.216. The second-order valence-electron chi connectivity index (χ2n) is 5.16. The average molecular weight is 238 g/mol. The number of hydrogen-bond acceptors (Lipinski definition) is 3. The number of rotatable bonds is 2. The van der Waals surface area contributed by atoms with Crippen molar-refractivity contribution in [2.45, 2.75) is 31.9 Å². The van der Waals surface area contributed by atoms with E-state index in [1.165, 1.54) is 12.1 Å². The average Bonchev–Trinajstić information content (AvgIpc) is 2.58. The highest BCUT2D eigenvalue weighted by atomic mass is 19.1. The third-order valence-corrected chi connectivity index (χ3v) is 3.27. The number of benzene rings is 1. The third kappa shape index (κ3) is 2.58. The van der Waals surface area contributed by atoms with Crippen molar-refractivity contribution in [3.63, 3.8) is 0 Å². The first-order valence-electron chi connectivity index (χ1n) is 5.91. The van der Waals surface area contributed by atoms with Crippen LogP contribution in [0.2, 0.25) is 0 Å². The predicted octanol–water partition coefficient (Wildman–Crippen LogP) is 1.81. The molecule has 1 aliphatic heterocycles. The lowest BCUT2D eigenvalue weighted by Crippen LogP contribution is -2.30. The zero-order valence-corrected chi connectivity index (χ0v) is 10.3. The molecule has 1 aliphatic rings. The van der Waals surface area contributed by atoms with Crippen LogP contribution in [-0.4, -0.2) is 23.8 Å². The van der Waals surface area contributed by atoms with E-state index in [9.17, 15) is 9.50 Å². The molecule has 17 heavy (non-hydrogen) atoms. The lowest BCUT2D eigenvalue weighted by molar-refractivity contribution is 0.0839. The molecule has 0 aromatic heterocycles. The van der Waals surface area contributed by atoms with Crippen LogP contribution in [0, 0.1) is 5.82 Å². The maximum atomic E-state index is 13.2. The van der Waals surface area contributed by atoms with Crippen molar-refractivity contribution in [2.75, 3.05) is 18.0 Å². The molecular weight excluding hydrogens is 219 g/mol. The molecule has 0 radical (unpaired) electrons. The highest BCUT2D eigenvalue weighted by Crippen LogP contribution is 2.31. The van der Waals surface area contributed by atoms with Gasteiger partial charge in [-0.05, 0) is 44.0 Å². The molecule has 1 fully saturated rings. The summed E-state index contributed by atoms with van der Waals surface area (Å²) in [6.45, 7) is 5.01. The minimum atomic E-state index is -0.663. The van der Waals surface area contributed by atoms with Gasteiger partial charge in [0.1, 0.15) is 5.82 Å². The molecule has 94 valence electrons. The Morgan fingerprint density at radius 1 is 1.53 bits per heavy atom. The molecule has 0 spiro atoms. The number of halogens is 1. The highest BCUT2D eigenvalue weighted by Gasteiger charge is 2.32. The van der Waals surface area contributed by atoms with Crippen molar-refractivity contribution >= 4 is 5.69 Å². The minimum Gasteiger partial charge on any atom is -0.388 e. The predicted molar refractivity (Wildman–Crippen MR) is 66.5 cm³/mol. The molecule has 3 N–H and O–H groups in total. The Bertz CT molecular complexity index is 418. The van der Waals surface area contributed by atoms with E-state index in [2.05, 4.69) is 4.90 Å². The van der Waals surface area contributed by atoms with Gasteiger partial charge in [-0.1, -0.05) is 0 Å². The van der Waals surface area contributed by atoms with Gasteiger partial charge in [0.25, 0.3) is 0 Å². The van der Waals surface area contributed by atoms with Gasteiger partial charge >= 0.3 is 0 Å². The topological polar surface area (TPSA) is 49.5 Å². The lowest BCUT2D eigenvalue weighted by Gasteiger charge is -2.24. The number of aliphatic hydroxyl groups is 1. The van der Waals surface area contributed by atoms with Crippen molar-refractivity contribution in [1.82, 2.24) is 0 Å². The summed E-state index contributed by atoms with van der Waals surface area (Å²) in [4.78, 5) is 2.07. The van der Waals surface area contributed by atoms with E-state index >= 15 is 0 Å². The summed E-state index contributed by atoms with van der Waals surface area (Å²) in [7, 11) is 0. The molecule has 0 amide bonds. The smallest absolute Gasteiger partial charge is 0.123 e. The van der Waals surface area contributed by atoms with Gasteiger partial charge in [-0.25, -0.2) is 4.39 Å². The summed E-state index contributed by atoms with van der Waals surface area (Å²) in [6.07, 6.45) is 0.725. The van der Waals surface area contributed by atoms with Gasteiger partial charge < -0.3 is 15.7 Å². The van der Waals surface area contributed by atoms with Gasteiger partial charge in [0.15, 0.2) is 0 Å². The standard InChI is InChI=1S/C13H19FN2O/c1-9(15)11-7-10(14)3-4-12(11)16-6-5-13(2,17)8-16/h3-4,7,9,17H,5-6,8,15H2,1-2H3. The van der Waals surface area contributed by atoms with Crippen LogP contribution < -0.4 is 10.6 Å². The summed E-state index contributed by atoms with van der Waals surface area (Å²) < 4.78 is 13.2. The van der Waals surface area contributed by atoms with Crippen LogP contribution in [0.3, 0.4) is 0 Å². The molecule has 1 heterocycles. The molecule has 3 nitrogen and oxygen atoms in total. The molecule has 0 aliphatic carbocycles. The zero-order valence-electron chi connectivity index (χ0n) is 10.3. The van der Waals surface area contributed by atoms with Crippen LogP contribution in [-0.2, 0) is 0 Å². The Morgan fingerprint density at radius 3 is 2.76 bits per heavy atom. The maximum absolute atomic E-state index is 13.2. The molecule has 1 aromatic rings. The molecular formula is C13H19FN2O. The molecule has 1 aromatic carbocycles. The number of anilines is 1. The molecule has 2 rings (SSSR count). The maximum Gasteiger partial charge on any atom is 0.123 e. The lowest BCUT2D eigenvalue weighted by atomic mass is 10.1. The third-order valence-electron chi connectivity index (χ3n) is 3.27. The molecule has 2 atom stereocenters. The fourth-order valence-corrected chi connectivity index (χ4v) is 2.33. The zero-order chi connectivity index (χ0) is 12.6. The number of nitrogens with zero attached hydrogens (tertiary/aromatic N) is 1. The normalized spacial score (nSPS) is 26.3. The first kappa shape index (κ1) is 12.3. The van der Waals surface area contributed by atoms with Crippen molar-refractivity contribution in [1.29, 1.82) is 0 Å². The number of β-amino-alcohol motifs (C(OH)–C–C–N with tert-alkyl or cyclic N) is 1. The van der Waals surface area contributed by atoms with Gasteiger partial charge in [-0.15, -0.1) is 0 Å². The first-order chi connectivity index (χ1) is 7.89. The highest BCUT2D eigenvalue weighted by molar-refractivity contribution is 5.56. The Morgan fingerprint density at radius 2 is 2.24 bits per heavy atom. The second kappa shape index (κ2) is 4.27. The quantitative estimate of drug-likeness (QED) is 0.826. The Kier molecular flexibility index (Phi) is 3.10. The summed E-state index contributed by atoms with van der Waals surface area (Å²) in [5, 5.41) is 9.96. The molecule has 2 unspecified atom stereocenters. The van der Waals surface area contributed by atoms with Crippen molar-refractivity contribution in [3.8, 4) is 0 Å². The van der Waals surface area contributed by atoms with E-state index in [1.807, 2.05) is 13.8 Å². The fourth-order valence-electron chi connectivity index (χ4n) is 2.33. The summed E-state index contributed by atoms with van der Waals surface area (Å²) in [5.74, 6) is -0.271. The van der Waals surface area contributed by atoms with Crippen molar-refractivity contribution < 1.29 is 9.50 Å². The molecule has 0 saturated carbocycles. The first-order valence-corrected chi connectivity index (χ1v) is 5.91. The second-order valence-corrected chi connectivity index (χ2v) is 5.16. The van der Waals surface area contributed by atoms with Gasteiger partial charge in [0.2, 0.25) is 0 Å². The Labute approximate surface area is 101 Å². The van der Waals surface area contributed by atoms with Crippen molar-refractivity contribution in [3.05, 3.63) is 29.6 Å². The van der Waals surface area contributed by atoms with Crippen LogP contribution in [0.1, 0.15) is 31.9 Å². The van der Waals surface area contributed by atoms with Crippen LogP contribution in [0.5, 0.6) is 0 Å². The fraction of sp³-hybridized carbons (Fsp3) is 0.538. The van der Waals surface area contributed by atoms with E-state index in [0.717, 1.165) is 24.2 Å². The SMILES string of the molecule is CC(N)c1cc(F)ccc1N1CCC(C)(O)C1. The largest absolute Gasteiger partial charge is 0.388 e. The van der Waals surface area contributed by atoms with E-state index < -0.39 is 5.60 Å². The Hall–Kier alpha value is -1.13. The summed E-state index contributed by atoms with van der Waals surface area (Å²) in [6, 6.07) is 4.45. The van der Waals surface area contributed by atoms with Crippen molar-refractivity contribution in [2.24, 2.45) is 5.73 Å². The van der Waals surface area contributed by atoms with E-state index in [-0.39, 0.29) is 11.9 Å². The molecule has 4 heteroatoms. The van der Waals surface area contributed by atoms with E-state index in [0.29, 0.717) is 6.54 Å². The van der Waals surface area contributed by atoms with Crippen LogP contribution in [0.15, 0.2) is 18.2 Å². The van der Waals surface area contributed by atoms with Crippen LogP contribution >= 0.6 is 0 Å². The number of nitrogens with two attached hydrogens (primary N) is 1. The monoisotopic (exact) mass is 238 g/mol. The van der Waals surface area contributed by atoms with E-state index in [1.54, 1.807) is 6.07 Å². The van der Waals surface area contributed by atoms with Gasteiger partial charge in [0.05, 0.1) is 5.60 Å².